The van der Waals surface area contributed by atoms with Gasteiger partial charge in [0.05, 0.1) is 4.88 Å². The fourth-order valence-electron chi connectivity index (χ4n) is 2.84. The highest BCUT2D eigenvalue weighted by atomic mass is 32.1. The quantitative estimate of drug-likeness (QED) is 0.524. The summed E-state index contributed by atoms with van der Waals surface area (Å²) < 4.78 is 5.59. The van der Waals surface area contributed by atoms with Gasteiger partial charge in [-0.1, -0.05) is 24.3 Å². The van der Waals surface area contributed by atoms with Gasteiger partial charge in [0.1, 0.15) is 0 Å². The largest absolute Gasteiger partial charge is 0.420 e. The highest BCUT2D eigenvalue weighted by Crippen LogP contribution is 2.23. The average molecular weight is 366 g/mol. The summed E-state index contributed by atoms with van der Waals surface area (Å²) in [5.41, 5.74) is 2.32. The van der Waals surface area contributed by atoms with Gasteiger partial charge in [0.15, 0.2) is 0 Å². The molecule has 0 spiro atoms. The maximum atomic E-state index is 12.0. The zero-order chi connectivity index (χ0) is 17.8. The predicted octanol–water partition coefficient (Wildman–Crippen LogP) is 3.57. The molecule has 0 bridgehead atoms. The smallest absolute Gasteiger partial charge is 0.257 e. The minimum Gasteiger partial charge on any atom is -0.420 e. The molecule has 0 saturated carbocycles. The van der Waals surface area contributed by atoms with Crippen LogP contribution in [0, 0.1) is 0 Å². The molecular weight excluding hydrogens is 348 g/mol. The third-order valence-electron chi connectivity index (χ3n) is 4.16. The number of nitrogens with zero attached hydrogens (tertiary/aromatic N) is 2. The second-order valence-corrected chi connectivity index (χ2v) is 6.89. The van der Waals surface area contributed by atoms with Crippen LogP contribution in [0.2, 0.25) is 0 Å². The van der Waals surface area contributed by atoms with E-state index < -0.39 is 0 Å². The van der Waals surface area contributed by atoms with Crippen LogP contribution in [0.15, 0.2) is 52.4 Å². The Morgan fingerprint density at radius 2 is 2.08 bits per heavy atom. The van der Waals surface area contributed by atoms with Crippen molar-refractivity contribution < 1.29 is 9.21 Å². The van der Waals surface area contributed by atoms with Gasteiger partial charge in [0, 0.05) is 36.5 Å². The van der Waals surface area contributed by atoms with Crippen LogP contribution in [0.25, 0.3) is 21.7 Å². The molecule has 0 aliphatic heterocycles. The lowest BCUT2D eigenvalue weighted by atomic mass is 10.1. The highest BCUT2D eigenvalue weighted by molar-refractivity contribution is 7.13. The van der Waals surface area contributed by atoms with Crippen LogP contribution < -0.4 is 5.32 Å². The number of fused-ring (bicyclic) bond motifs is 1. The van der Waals surface area contributed by atoms with Crippen molar-refractivity contribution in [2.75, 3.05) is 6.54 Å². The van der Waals surface area contributed by atoms with Crippen LogP contribution >= 0.6 is 11.3 Å². The molecule has 0 saturated heterocycles. The van der Waals surface area contributed by atoms with Crippen molar-refractivity contribution in [3.8, 4) is 10.8 Å². The van der Waals surface area contributed by atoms with E-state index in [1.807, 2.05) is 41.9 Å². The van der Waals surface area contributed by atoms with E-state index in [1.54, 1.807) is 11.3 Å². The van der Waals surface area contributed by atoms with E-state index >= 15 is 0 Å². The molecule has 26 heavy (non-hydrogen) atoms. The Morgan fingerprint density at radius 1 is 1.15 bits per heavy atom. The lowest BCUT2D eigenvalue weighted by Gasteiger charge is -2.03. The van der Waals surface area contributed by atoms with Crippen molar-refractivity contribution in [3.05, 3.63) is 59.4 Å². The van der Waals surface area contributed by atoms with Gasteiger partial charge in [-0.25, -0.2) is 0 Å². The lowest BCUT2D eigenvalue weighted by molar-refractivity contribution is -0.121. The number of aromatic nitrogens is 3. The van der Waals surface area contributed by atoms with Gasteiger partial charge in [0.25, 0.3) is 5.89 Å². The molecule has 4 aromatic rings. The zero-order valence-electron chi connectivity index (χ0n) is 14.1. The number of thiophene rings is 1. The van der Waals surface area contributed by atoms with Crippen LogP contribution in [-0.4, -0.2) is 27.6 Å². The highest BCUT2D eigenvalue weighted by Gasteiger charge is 2.11. The third-order valence-corrected chi connectivity index (χ3v) is 5.01. The SMILES string of the molecule is O=C(CCc1nnc(-c2cccs2)o1)NCCc1c[nH]c2ccccc12. The molecule has 132 valence electrons. The number of benzene rings is 1. The number of carbonyl (C=O) groups is 1. The number of hydrogen-bond donors (Lipinski definition) is 2. The van der Waals surface area contributed by atoms with Crippen LogP contribution in [0.5, 0.6) is 0 Å². The molecule has 0 aliphatic rings. The first-order chi connectivity index (χ1) is 12.8. The molecule has 4 rings (SSSR count). The summed E-state index contributed by atoms with van der Waals surface area (Å²) in [5, 5.41) is 14.1. The van der Waals surface area contributed by atoms with Crippen molar-refractivity contribution in [3.63, 3.8) is 0 Å². The molecule has 0 radical (unpaired) electrons. The van der Waals surface area contributed by atoms with E-state index in [2.05, 4.69) is 26.6 Å². The summed E-state index contributed by atoms with van der Waals surface area (Å²) in [5.74, 6) is 0.982. The maximum absolute atomic E-state index is 12.0. The van der Waals surface area contributed by atoms with Crippen molar-refractivity contribution in [1.29, 1.82) is 0 Å². The Hall–Kier alpha value is -2.93. The molecule has 2 N–H and O–H groups in total. The van der Waals surface area contributed by atoms with E-state index in [-0.39, 0.29) is 5.91 Å². The maximum Gasteiger partial charge on any atom is 0.257 e. The van der Waals surface area contributed by atoms with Gasteiger partial charge < -0.3 is 14.7 Å². The Balaban J connectivity index is 1.24. The molecule has 6 nitrogen and oxygen atoms in total. The van der Waals surface area contributed by atoms with E-state index in [0.29, 0.717) is 31.2 Å². The van der Waals surface area contributed by atoms with E-state index in [4.69, 9.17) is 4.42 Å². The number of H-pyrrole nitrogens is 1. The van der Waals surface area contributed by atoms with Gasteiger partial charge in [-0.15, -0.1) is 21.5 Å². The summed E-state index contributed by atoms with van der Waals surface area (Å²) in [6.45, 7) is 0.602. The van der Waals surface area contributed by atoms with Gasteiger partial charge in [-0.05, 0) is 29.5 Å². The van der Waals surface area contributed by atoms with Gasteiger partial charge in [-0.2, -0.15) is 0 Å². The normalized spacial score (nSPS) is 11.1. The Labute approximate surface area is 154 Å². The Kier molecular flexibility index (Phi) is 4.79. The van der Waals surface area contributed by atoms with Crippen LogP contribution in [0.1, 0.15) is 17.9 Å². The molecule has 3 aromatic heterocycles. The number of nitrogens with one attached hydrogen (secondary N) is 2. The number of amides is 1. The van der Waals surface area contributed by atoms with Crippen LogP contribution in [0.3, 0.4) is 0 Å². The van der Waals surface area contributed by atoms with E-state index in [1.165, 1.54) is 10.9 Å². The minimum absolute atomic E-state index is 0.0132. The average Bonchev–Trinajstić information content (AvgIpc) is 3.40. The van der Waals surface area contributed by atoms with Crippen molar-refractivity contribution in [2.45, 2.75) is 19.3 Å². The van der Waals surface area contributed by atoms with Crippen LogP contribution in [-0.2, 0) is 17.6 Å². The summed E-state index contributed by atoms with van der Waals surface area (Å²) >= 11 is 1.55. The molecule has 0 unspecified atom stereocenters. The second-order valence-electron chi connectivity index (χ2n) is 5.94. The van der Waals surface area contributed by atoms with Gasteiger partial charge in [0.2, 0.25) is 11.8 Å². The van der Waals surface area contributed by atoms with Crippen LogP contribution in [0.4, 0.5) is 0 Å². The number of para-hydroxylation sites is 1. The molecule has 3 heterocycles. The van der Waals surface area contributed by atoms with Crippen molar-refractivity contribution in [1.82, 2.24) is 20.5 Å². The molecule has 0 atom stereocenters. The summed E-state index contributed by atoms with van der Waals surface area (Å²) in [6, 6.07) is 12.0. The summed E-state index contributed by atoms with van der Waals surface area (Å²) in [7, 11) is 0. The van der Waals surface area contributed by atoms with Crippen molar-refractivity contribution >= 4 is 28.1 Å². The predicted molar refractivity (Wildman–Crippen MR) is 101 cm³/mol. The first kappa shape index (κ1) is 16.5. The fourth-order valence-corrected chi connectivity index (χ4v) is 3.48. The number of hydrogen-bond acceptors (Lipinski definition) is 5. The monoisotopic (exact) mass is 366 g/mol. The molecule has 0 aliphatic carbocycles. The number of carbonyl (C=O) groups excluding carboxylic acids is 1. The topological polar surface area (TPSA) is 83.8 Å². The third kappa shape index (κ3) is 3.67. The fraction of sp³-hybridized carbons (Fsp3) is 0.211. The Morgan fingerprint density at radius 3 is 2.96 bits per heavy atom. The van der Waals surface area contributed by atoms with E-state index in [0.717, 1.165) is 16.8 Å². The van der Waals surface area contributed by atoms with E-state index in [9.17, 15) is 4.79 Å². The molecular formula is C19H18N4O2S. The minimum atomic E-state index is -0.0132. The lowest BCUT2D eigenvalue weighted by Crippen LogP contribution is -2.25. The van der Waals surface area contributed by atoms with Gasteiger partial charge in [-0.3, -0.25) is 4.79 Å². The summed E-state index contributed by atoms with van der Waals surface area (Å²) in [4.78, 5) is 16.2. The molecule has 7 heteroatoms. The van der Waals surface area contributed by atoms with Crippen molar-refractivity contribution in [2.24, 2.45) is 0 Å². The number of aromatic amines is 1. The number of aryl methyl sites for hydroxylation is 1. The first-order valence-electron chi connectivity index (χ1n) is 8.47. The standard InChI is InChI=1S/C19H18N4O2S/c24-17(7-8-18-22-23-19(25-18)16-6-3-11-26-16)20-10-9-13-12-21-15-5-2-1-4-14(13)15/h1-6,11-12,21H,7-10H2,(H,20,24). The molecule has 1 aromatic carbocycles. The molecule has 0 fully saturated rings. The second kappa shape index (κ2) is 7.53. The van der Waals surface area contributed by atoms with Gasteiger partial charge >= 0.3 is 0 Å². The molecule has 1 amide bonds. The first-order valence-corrected chi connectivity index (χ1v) is 9.35. The number of rotatable bonds is 7. The zero-order valence-corrected chi connectivity index (χ0v) is 14.9. The Bertz CT molecular complexity index is 1000. The summed E-state index contributed by atoms with van der Waals surface area (Å²) in [6.07, 6.45) is 3.57.